The van der Waals surface area contributed by atoms with Crippen molar-refractivity contribution in [3.05, 3.63) is 46.9 Å². The number of anilines is 1. The summed E-state index contributed by atoms with van der Waals surface area (Å²) in [5, 5.41) is 0. The third-order valence-electron chi connectivity index (χ3n) is 4.93. The van der Waals surface area contributed by atoms with Gasteiger partial charge in [-0.1, -0.05) is 12.1 Å². The number of ether oxygens (including phenoxy) is 2. The molecule has 0 fully saturated rings. The summed E-state index contributed by atoms with van der Waals surface area (Å²) in [4.78, 5) is 37.1. The van der Waals surface area contributed by atoms with E-state index in [1.165, 1.54) is 12.0 Å². The number of carbonyl (C=O) groups excluding carboxylic acids is 2. The van der Waals surface area contributed by atoms with Crippen LogP contribution in [0.15, 0.2) is 24.3 Å². The lowest BCUT2D eigenvalue weighted by atomic mass is 10.0. The quantitative estimate of drug-likeness (QED) is 0.708. The first kappa shape index (κ1) is 20.7. The molecule has 0 unspecified atom stereocenters. The van der Waals surface area contributed by atoms with E-state index in [2.05, 4.69) is 9.97 Å². The van der Waals surface area contributed by atoms with Crippen LogP contribution < -0.4 is 9.64 Å². The van der Waals surface area contributed by atoms with Crippen LogP contribution in [0.3, 0.4) is 0 Å². The van der Waals surface area contributed by atoms with E-state index >= 15 is 0 Å². The molecular formula is C21H26N4O4. The van der Waals surface area contributed by atoms with Crippen molar-refractivity contribution < 1.29 is 19.1 Å². The average Bonchev–Trinajstić information content (AvgIpc) is 2.70. The molecule has 0 bridgehead atoms. The van der Waals surface area contributed by atoms with Crippen LogP contribution in [0.5, 0.6) is 5.75 Å². The highest BCUT2D eigenvalue weighted by Crippen LogP contribution is 2.30. The highest BCUT2D eigenvalue weighted by Gasteiger charge is 2.28. The van der Waals surface area contributed by atoms with Crippen LogP contribution >= 0.6 is 0 Å². The first-order valence-corrected chi connectivity index (χ1v) is 9.45. The number of nitrogens with zero attached hydrogens (tertiary/aromatic N) is 4. The molecule has 0 radical (unpaired) electrons. The van der Waals surface area contributed by atoms with Crippen LogP contribution in [-0.4, -0.2) is 54.6 Å². The highest BCUT2D eigenvalue weighted by molar-refractivity contribution is 5.95. The average molecular weight is 398 g/mol. The lowest BCUT2D eigenvalue weighted by molar-refractivity contribution is -0.134. The molecule has 1 aliphatic rings. The summed E-state index contributed by atoms with van der Waals surface area (Å²) in [7, 11) is 4.77. The van der Waals surface area contributed by atoms with E-state index in [1.54, 1.807) is 19.1 Å². The summed E-state index contributed by atoms with van der Waals surface area (Å²) >= 11 is 0. The Balaban J connectivity index is 1.90. The van der Waals surface area contributed by atoms with Crippen molar-refractivity contribution in [2.75, 3.05) is 32.8 Å². The number of fused-ring (bicyclic) bond motifs is 1. The molecule has 0 saturated heterocycles. The smallest absolute Gasteiger partial charge is 0.248 e. The zero-order valence-electron chi connectivity index (χ0n) is 17.3. The molecule has 2 aromatic rings. The minimum atomic E-state index is -0.157. The van der Waals surface area contributed by atoms with Gasteiger partial charge in [-0.15, -0.1) is 0 Å². The van der Waals surface area contributed by atoms with Crippen LogP contribution in [0, 0.1) is 6.92 Å². The van der Waals surface area contributed by atoms with Crippen LogP contribution in [0.2, 0.25) is 0 Å². The van der Waals surface area contributed by atoms with Crippen molar-refractivity contribution in [3.63, 3.8) is 0 Å². The zero-order chi connectivity index (χ0) is 21.0. The lowest BCUT2D eigenvalue weighted by Gasteiger charge is -2.30. The Morgan fingerprint density at radius 3 is 2.76 bits per heavy atom. The molecule has 0 saturated carbocycles. The van der Waals surface area contributed by atoms with Gasteiger partial charge in [0.15, 0.2) is 0 Å². The van der Waals surface area contributed by atoms with Crippen LogP contribution in [0.25, 0.3) is 0 Å². The van der Waals surface area contributed by atoms with E-state index in [9.17, 15) is 9.59 Å². The predicted octanol–water partition coefficient (Wildman–Crippen LogP) is 1.88. The minimum absolute atomic E-state index is 0.000867. The number of hydrogen-bond acceptors (Lipinski definition) is 6. The summed E-state index contributed by atoms with van der Waals surface area (Å²) < 4.78 is 10.2. The number of benzene rings is 1. The Morgan fingerprint density at radius 2 is 2.03 bits per heavy atom. The van der Waals surface area contributed by atoms with Gasteiger partial charge in [0, 0.05) is 31.8 Å². The normalized spacial score (nSPS) is 13.2. The second-order valence-electron chi connectivity index (χ2n) is 7.04. The van der Waals surface area contributed by atoms with Gasteiger partial charge >= 0.3 is 0 Å². The molecule has 1 aromatic carbocycles. The van der Waals surface area contributed by atoms with Crippen LogP contribution in [-0.2, 0) is 33.8 Å². The van der Waals surface area contributed by atoms with Gasteiger partial charge in [0.05, 0.1) is 20.2 Å². The topological polar surface area (TPSA) is 84.9 Å². The number of methoxy groups -OCH3 is 2. The van der Waals surface area contributed by atoms with Gasteiger partial charge in [-0.2, -0.15) is 0 Å². The number of amides is 2. The molecule has 0 atom stereocenters. The fourth-order valence-electron chi connectivity index (χ4n) is 3.36. The number of carbonyl (C=O) groups is 2. The molecule has 154 valence electrons. The largest absolute Gasteiger partial charge is 0.497 e. The molecule has 8 nitrogen and oxygen atoms in total. The minimum Gasteiger partial charge on any atom is -0.497 e. The molecule has 2 heterocycles. The molecule has 2 amide bonds. The Morgan fingerprint density at radius 1 is 1.24 bits per heavy atom. The molecule has 1 aromatic heterocycles. The van der Waals surface area contributed by atoms with Crippen molar-refractivity contribution in [1.82, 2.24) is 14.9 Å². The second-order valence-corrected chi connectivity index (χ2v) is 7.04. The first-order chi connectivity index (χ1) is 13.9. The van der Waals surface area contributed by atoms with Crippen molar-refractivity contribution in [2.45, 2.75) is 32.9 Å². The molecule has 1 aliphatic heterocycles. The lowest BCUT2D eigenvalue weighted by Crippen LogP contribution is -2.37. The Labute approximate surface area is 170 Å². The third-order valence-corrected chi connectivity index (χ3v) is 4.93. The summed E-state index contributed by atoms with van der Waals surface area (Å²) in [5.74, 6) is 1.73. The van der Waals surface area contributed by atoms with E-state index in [0.29, 0.717) is 31.0 Å². The predicted molar refractivity (Wildman–Crippen MR) is 108 cm³/mol. The monoisotopic (exact) mass is 398 g/mol. The van der Waals surface area contributed by atoms with E-state index in [1.807, 2.05) is 31.2 Å². The summed E-state index contributed by atoms with van der Waals surface area (Å²) in [5.41, 5.74) is 2.76. The maximum Gasteiger partial charge on any atom is 0.248 e. The van der Waals surface area contributed by atoms with Gasteiger partial charge in [0.2, 0.25) is 11.8 Å². The number of aryl methyl sites for hydroxylation is 1. The Kier molecular flexibility index (Phi) is 6.43. The van der Waals surface area contributed by atoms with Gasteiger partial charge in [-0.25, -0.2) is 9.97 Å². The maximum atomic E-state index is 12.7. The fraction of sp³-hybridized carbons (Fsp3) is 0.429. The van der Waals surface area contributed by atoms with Gasteiger partial charge in [0.25, 0.3) is 0 Å². The van der Waals surface area contributed by atoms with Gasteiger partial charge in [-0.05, 0) is 31.0 Å². The molecule has 0 spiro atoms. The van der Waals surface area contributed by atoms with Crippen LogP contribution in [0.1, 0.15) is 29.1 Å². The first-order valence-electron chi connectivity index (χ1n) is 9.45. The van der Waals surface area contributed by atoms with Crippen molar-refractivity contribution in [3.8, 4) is 5.75 Å². The van der Waals surface area contributed by atoms with Crippen molar-refractivity contribution >= 4 is 17.6 Å². The fourth-order valence-corrected chi connectivity index (χ4v) is 3.36. The summed E-state index contributed by atoms with van der Waals surface area (Å²) in [6, 6.07) is 7.63. The van der Waals surface area contributed by atoms with E-state index < -0.39 is 0 Å². The van der Waals surface area contributed by atoms with Gasteiger partial charge in [-0.3, -0.25) is 14.5 Å². The number of rotatable bonds is 7. The SMILES string of the molecule is COCC(=O)N(C)Cc1nc(C)c2c(n1)N(Cc1cccc(OC)c1)C(=O)CC2. The molecular weight excluding hydrogens is 372 g/mol. The number of likely N-dealkylation sites (N-methyl/N-ethyl adjacent to an activating group) is 1. The third kappa shape index (κ3) is 4.71. The van der Waals surface area contributed by atoms with Crippen molar-refractivity contribution in [1.29, 1.82) is 0 Å². The zero-order valence-corrected chi connectivity index (χ0v) is 17.3. The summed E-state index contributed by atoms with van der Waals surface area (Å²) in [6.45, 7) is 2.57. The number of hydrogen-bond donors (Lipinski definition) is 0. The molecule has 3 rings (SSSR count). The highest BCUT2D eigenvalue weighted by atomic mass is 16.5. The maximum absolute atomic E-state index is 12.7. The van der Waals surface area contributed by atoms with Crippen molar-refractivity contribution in [2.24, 2.45) is 0 Å². The summed E-state index contributed by atoms with van der Waals surface area (Å²) in [6.07, 6.45) is 1.04. The van der Waals surface area contributed by atoms with Gasteiger partial charge < -0.3 is 14.4 Å². The standard InChI is InChI=1S/C21H26N4O4/c1-14-17-8-9-19(26)25(11-15-6-5-7-16(10-15)29-4)21(17)23-18(22-14)12-24(2)20(27)13-28-3/h5-7,10H,8-9,11-13H2,1-4H3. The van der Waals surface area contributed by atoms with E-state index in [4.69, 9.17) is 9.47 Å². The molecule has 29 heavy (non-hydrogen) atoms. The molecule has 0 aliphatic carbocycles. The van der Waals surface area contributed by atoms with E-state index in [0.717, 1.165) is 22.6 Å². The van der Waals surface area contributed by atoms with Gasteiger partial charge in [0.1, 0.15) is 24.0 Å². The van der Waals surface area contributed by atoms with E-state index in [-0.39, 0.29) is 25.0 Å². The molecule has 0 N–H and O–H groups in total. The Bertz CT molecular complexity index is 916. The molecule has 8 heteroatoms. The number of aromatic nitrogens is 2. The van der Waals surface area contributed by atoms with Crippen LogP contribution in [0.4, 0.5) is 5.82 Å². The Hall–Kier alpha value is -3.00. The second kappa shape index (κ2) is 9.00.